The number of piperidine rings is 1. The fourth-order valence-corrected chi connectivity index (χ4v) is 2.90. The highest BCUT2D eigenvalue weighted by Crippen LogP contribution is 2.30. The third-order valence-electron chi connectivity index (χ3n) is 3.62. The van der Waals surface area contributed by atoms with Crippen LogP contribution >= 0.6 is 0 Å². The maximum absolute atomic E-state index is 12.3. The molecular weight excluding hydrogens is 278 g/mol. The van der Waals surface area contributed by atoms with Gasteiger partial charge in [-0.2, -0.15) is 8.78 Å². The Morgan fingerprint density at radius 2 is 2.10 bits per heavy atom. The van der Waals surface area contributed by atoms with Crippen LogP contribution in [0.4, 0.5) is 8.78 Å². The van der Waals surface area contributed by atoms with E-state index >= 15 is 0 Å². The van der Waals surface area contributed by atoms with E-state index < -0.39 is 6.61 Å². The summed E-state index contributed by atoms with van der Waals surface area (Å²) < 4.78 is 34.1. The minimum atomic E-state index is -2.86. The van der Waals surface area contributed by atoms with Gasteiger partial charge < -0.3 is 15.2 Å². The van der Waals surface area contributed by atoms with Gasteiger partial charge in [0, 0.05) is 25.7 Å². The van der Waals surface area contributed by atoms with Crippen LogP contribution in [0.2, 0.25) is 0 Å². The molecule has 2 unspecified atom stereocenters. The minimum absolute atomic E-state index is 0.0555. The SMILES string of the molecule is COc1cc(CN2CC(C)CC(N)C2)ccc1OC(F)F. The summed E-state index contributed by atoms with van der Waals surface area (Å²) in [5.41, 5.74) is 7.03. The third-order valence-corrected chi connectivity index (χ3v) is 3.62. The smallest absolute Gasteiger partial charge is 0.387 e. The van der Waals surface area contributed by atoms with Gasteiger partial charge in [0.2, 0.25) is 0 Å². The summed E-state index contributed by atoms with van der Waals surface area (Å²) in [5.74, 6) is 0.944. The van der Waals surface area contributed by atoms with Crippen molar-refractivity contribution in [3.8, 4) is 11.5 Å². The number of hydrogen-bond donors (Lipinski definition) is 1. The molecule has 1 aliphatic rings. The molecular formula is C15H22F2N2O2. The van der Waals surface area contributed by atoms with Crippen molar-refractivity contribution in [1.82, 2.24) is 4.90 Å². The number of alkyl halides is 2. The largest absolute Gasteiger partial charge is 0.493 e. The molecule has 0 bridgehead atoms. The lowest BCUT2D eigenvalue weighted by Gasteiger charge is -2.34. The number of nitrogens with zero attached hydrogens (tertiary/aromatic N) is 1. The number of likely N-dealkylation sites (tertiary alicyclic amines) is 1. The van der Waals surface area contributed by atoms with Crippen molar-refractivity contribution in [3.63, 3.8) is 0 Å². The van der Waals surface area contributed by atoms with E-state index in [1.165, 1.54) is 13.2 Å². The average molecular weight is 300 g/mol. The topological polar surface area (TPSA) is 47.7 Å². The molecule has 2 atom stereocenters. The molecule has 1 aliphatic heterocycles. The molecule has 2 rings (SSSR count). The van der Waals surface area contributed by atoms with Crippen LogP contribution in [-0.2, 0) is 6.54 Å². The highest BCUT2D eigenvalue weighted by Gasteiger charge is 2.22. The molecule has 1 heterocycles. The van der Waals surface area contributed by atoms with Crippen LogP contribution in [0.3, 0.4) is 0 Å². The minimum Gasteiger partial charge on any atom is -0.493 e. The molecule has 0 radical (unpaired) electrons. The van der Waals surface area contributed by atoms with Crippen LogP contribution in [-0.4, -0.2) is 37.8 Å². The standard InChI is InChI=1S/C15H22F2N2O2/c1-10-5-12(18)9-19(7-10)8-11-3-4-13(21-15(16)17)14(6-11)20-2/h3-4,6,10,12,15H,5,7-9,18H2,1-2H3. The van der Waals surface area contributed by atoms with Crippen molar-refractivity contribution in [2.45, 2.75) is 32.5 Å². The number of benzene rings is 1. The van der Waals surface area contributed by atoms with E-state index in [2.05, 4.69) is 16.6 Å². The van der Waals surface area contributed by atoms with Crippen molar-refractivity contribution in [3.05, 3.63) is 23.8 Å². The number of nitrogens with two attached hydrogens (primary N) is 1. The quantitative estimate of drug-likeness (QED) is 0.907. The van der Waals surface area contributed by atoms with E-state index in [0.29, 0.717) is 11.7 Å². The Morgan fingerprint density at radius 1 is 1.33 bits per heavy atom. The van der Waals surface area contributed by atoms with Crippen molar-refractivity contribution >= 4 is 0 Å². The summed E-state index contributed by atoms with van der Waals surface area (Å²) >= 11 is 0. The summed E-state index contributed by atoms with van der Waals surface area (Å²) in [4.78, 5) is 2.28. The Labute approximate surface area is 123 Å². The summed E-state index contributed by atoms with van der Waals surface area (Å²) in [6, 6.07) is 5.23. The molecule has 1 saturated heterocycles. The third kappa shape index (κ3) is 4.54. The van der Waals surface area contributed by atoms with Crippen LogP contribution in [0.15, 0.2) is 18.2 Å². The zero-order valence-corrected chi connectivity index (χ0v) is 12.4. The van der Waals surface area contributed by atoms with Gasteiger partial charge in [-0.25, -0.2) is 0 Å². The molecule has 6 heteroatoms. The zero-order chi connectivity index (χ0) is 15.4. The molecule has 21 heavy (non-hydrogen) atoms. The number of rotatable bonds is 5. The molecule has 2 N–H and O–H groups in total. The first-order valence-corrected chi connectivity index (χ1v) is 7.07. The Balaban J connectivity index is 2.06. The molecule has 0 saturated carbocycles. The molecule has 1 aromatic carbocycles. The second-order valence-electron chi connectivity index (χ2n) is 5.66. The van der Waals surface area contributed by atoms with Crippen LogP contribution in [0, 0.1) is 5.92 Å². The predicted molar refractivity (Wildman–Crippen MR) is 76.7 cm³/mol. The van der Waals surface area contributed by atoms with Gasteiger partial charge in [-0.1, -0.05) is 13.0 Å². The average Bonchev–Trinajstić information content (AvgIpc) is 2.38. The normalized spacial score (nSPS) is 23.3. The van der Waals surface area contributed by atoms with Crippen LogP contribution < -0.4 is 15.2 Å². The summed E-state index contributed by atoms with van der Waals surface area (Å²) in [6.07, 6.45) is 1.04. The van der Waals surface area contributed by atoms with Gasteiger partial charge in [0.15, 0.2) is 11.5 Å². The van der Waals surface area contributed by atoms with Crippen LogP contribution in [0.5, 0.6) is 11.5 Å². The number of ether oxygens (including phenoxy) is 2. The van der Waals surface area contributed by atoms with Crippen molar-refractivity contribution in [2.24, 2.45) is 11.7 Å². The lowest BCUT2D eigenvalue weighted by molar-refractivity contribution is -0.0512. The van der Waals surface area contributed by atoms with Gasteiger partial charge in [0.25, 0.3) is 0 Å². The molecule has 4 nitrogen and oxygen atoms in total. The fraction of sp³-hybridized carbons (Fsp3) is 0.600. The van der Waals surface area contributed by atoms with E-state index in [1.54, 1.807) is 12.1 Å². The van der Waals surface area contributed by atoms with Crippen molar-refractivity contribution in [2.75, 3.05) is 20.2 Å². The molecule has 0 aliphatic carbocycles. The van der Waals surface area contributed by atoms with Gasteiger partial charge >= 0.3 is 6.61 Å². The van der Waals surface area contributed by atoms with Gasteiger partial charge in [0.05, 0.1) is 7.11 Å². The first-order valence-electron chi connectivity index (χ1n) is 7.07. The second-order valence-corrected chi connectivity index (χ2v) is 5.66. The summed E-state index contributed by atoms with van der Waals surface area (Å²) in [6.45, 7) is 1.90. The van der Waals surface area contributed by atoms with E-state index in [9.17, 15) is 8.78 Å². The first-order chi connectivity index (χ1) is 9.97. The predicted octanol–water partition coefficient (Wildman–Crippen LogP) is 2.47. The molecule has 0 amide bonds. The van der Waals surface area contributed by atoms with E-state index in [4.69, 9.17) is 10.5 Å². The Kier molecular flexibility index (Phi) is 5.36. The van der Waals surface area contributed by atoms with Crippen molar-refractivity contribution in [1.29, 1.82) is 0 Å². The van der Waals surface area contributed by atoms with E-state index in [-0.39, 0.29) is 11.8 Å². The van der Waals surface area contributed by atoms with Gasteiger partial charge in [-0.3, -0.25) is 4.90 Å². The highest BCUT2D eigenvalue weighted by atomic mass is 19.3. The van der Waals surface area contributed by atoms with E-state index in [0.717, 1.165) is 31.6 Å². The van der Waals surface area contributed by atoms with Gasteiger partial charge in [-0.05, 0) is 30.0 Å². The Hall–Kier alpha value is -1.40. The van der Waals surface area contributed by atoms with E-state index in [1.807, 2.05) is 0 Å². The number of methoxy groups -OCH3 is 1. The first kappa shape index (κ1) is 16.0. The maximum Gasteiger partial charge on any atom is 0.387 e. The lowest BCUT2D eigenvalue weighted by atomic mass is 9.96. The number of hydrogen-bond acceptors (Lipinski definition) is 4. The summed E-state index contributed by atoms with van der Waals surface area (Å²) in [5, 5.41) is 0. The Morgan fingerprint density at radius 3 is 2.71 bits per heavy atom. The monoisotopic (exact) mass is 300 g/mol. The summed E-state index contributed by atoms with van der Waals surface area (Å²) in [7, 11) is 1.44. The second kappa shape index (κ2) is 7.04. The van der Waals surface area contributed by atoms with Gasteiger partial charge in [0.1, 0.15) is 0 Å². The van der Waals surface area contributed by atoms with Crippen molar-refractivity contribution < 1.29 is 18.3 Å². The molecule has 1 fully saturated rings. The zero-order valence-electron chi connectivity index (χ0n) is 12.4. The highest BCUT2D eigenvalue weighted by molar-refractivity contribution is 5.43. The Bertz CT molecular complexity index is 461. The van der Waals surface area contributed by atoms with Crippen LogP contribution in [0.1, 0.15) is 18.9 Å². The lowest BCUT2D eigenvalue weighted by Crippen LogP contribution is -2.45. The number of halogens is 2. The van der Waals surface area contributed by atoms with Gasteiger partial charge in [-0.15, -0.1) is 0 Å². The molecule has 0 spiro atoms. The molecule has 1 aromatic rings. The van der Waals surface area contributed by atoms with Crippen LogP contribution in [0.25, 0.3) is 0 Å². The molecule has 0 aromatic heterocycles. The molecule has 118 valence electrons. The fourth-order valence-electron chi connectivity index (χ4n) is 2.90. The maximum atomic E-state index is 12.3.